The van der Waals surface area contributed by atoms with E-state index in [4.69, 9.17) is 0 Å². The predicted octanol–water partition coefficient (Wildman–Crippen LogP) is 1.01. The molecular formula is C12H17N3O. The Morgan fingerprint density at radius 1 is 1.56 bits per heavy atom. The number of carbonyl (C=O) groups is 1. The molecule has 0 aromatic carbocycles. The summed E-state index contributed by atoms with van der Waals surface area (Å²) in [5.74, 6) is 0.170. The fourth-order valence-corrected chi connectivity index (χ4v) is 1.92. The lowest BCUT2D eigenvalue weighted by molar-refractivity contribution is -0.119. The van der Waals surface area contributed by atoms with Gasteiger partial charge in [-0.25, -0.2) is 0 Å². The fourth-order valence-electron chi connectivity index (χ4n) is 1.92. The van der Waals surface area contributed by atoms with Gasteiger partial charge in [0.2, 0.25) is 5.91 Å². The number of nitrogens with zero attached hydrogens (tertiary/aromatic N) is 1. The van der Waals surface area contributed by atoms with E-state index in [2.05, 4.69) is 22.5 Å². The second-order valence-corrected chi connectivity index (χ2v) is 4.21. The molecule has 1 fully saturated rings. The molecule has 4 nitrogen and oxygen atoms in total. The molecule has 1 aromatic heterocycles. The molecule has 0 bridgehead atoms. The zero-order valence-electron chi connectivity index (χ0n) is 9.44. The van der Waals surface area contributed by atoms with E-state index in [-0.39, 0.29) is 11.9 Å². The lowest BCUT2D eigenvalue weighted by Gasteiger charge is -2.17. The summed E-state index contributed by atoms with van der Waals surface area (Å²) in [6.45, 7) is 2.95. The lowest BCUT2D eigenvalue weighted by Crippen LogP contribution is -2.36. The van der Waals surface area contributed by atoms with Crippen molar-refractivity contribution in [3.63, 3.8) is 0 Å². The van der Waals surface area contributed by atoms with E-state index in [1.165, 1.54) is 5.56 Å². The van der Waals surface area contributed by atoms with Gasteiger partial charge in [0.15, 0.2) is 0 Å². The Hall–Kier alpha value is -1.42. The molecule has 86 valence electrons. The third-order valence-corrected chi connectivity index (χ3v) is 2.96. The van der Waals surface area contributed by atoms with Gasteiger partial charge in [-0.1, -0.05) is 0 Å². The number of aromatic nitrogens is 1. The molecule has 2 atom stereocenters. The summed E-state index contributed by atoms with van der Waals surface area (Å²) in [6, 6.07) is 4.59. The largest absolute Gasteiger partial charge is 0.352 e. The Labute approximate surface area is 95.5 Å². The maximum atomic E-state index is 11.0. The maximum absolute atomic E-state index is 11.0. The molecule has 1 amide bonds. The molecule has 1 unspecified atom stereocenters. The van der Waals surface area contributed by atoms with E-state index in [9.17, 15) is 4.79 Å². The van der Waals surface area contributed by atoms with E-state index >= 15 is 0 Å². The first kappa shape index (κ1) is 11.1. The minimum Gasteiger partial charge on any atom is -0.352 e. The van der Waals surface area contributed by atoms with Crippen molar-refractivity contribution in [1.82, 2.24) is 15.6 Å². The van der Waals surface area contributed by atoms with Gasteiger partial charge in [0.25, 0.3) is 0 Å². The van der Waals surface area contributed by atoms with Gasteiger partial charge >= 0.3 is 0 Å². The second kappa shape index (κ2) is 5.07. The summed E-state index contributed by atoms with van der Waals surface area (Å²) < 4.78 is 0. The molecule has 0 aliphatic carbocycles. The first-order valence-electron chi connectivity index (χ1n) is 5.68. The highest BCUT2D eigenvalue weighted by Gasteiger charge is 2.20. The molecule has 16 heavy (non-hydrogen) atoms. The van der Waals surface area contributed by atoms with Crippen LogP contribution < -0.4 is 10.6 Å². The molecule has 1 aliphatic heterocycles. The van der Waals surface area contributed by atoms with Crippen molar-refractivity contribution in [2.45, 2.75) is 31.8 Å². The molecule has 4 heteroatoms. The molecule has 2 rings (SSSR count). The van der Waals surface area contributed by atoms with Crippen molar-refractivity contribution in [2.75, 3.05) is 6.54 Å². The average Bonchev–Trinajstić information content (AvgIpc) is 2.73. The number of hydrogen-bond donors (Lipinski definition) is 2. The van der Waals surface area contributed by atoms with Crippen LogP contribution >= 0.6 is 0 Å². The minimum absolute atomic E-state index is 0.170. The fraction of sp³-hybridized carbons (Fsp3) is 0.500. The highest BCUT2D eigenvalue weighted by molar-refractivity contribution is 5.78. The zero-order valence-corrected chi connectivity index (χ0v) is 9.44. The topological polar surface area (TPSA) is 54.0 Å². The Balaban J connectivity index is 1.80. The summed E-state index contributed by atoms with van der Waals surface area (Å²) in [5.41, 5.74) is 1.22. The molecule has 0 saturated carbocycles. The van der Waals surface area contributed by atoms with Gasteiger partial charge in [-0.05, 0) is 31.0 Å². The number of hydrogen-bond acceptors (Lipinski definition) is 3. The first-order chi connectivity index (χ1) is 7.75. The Bertz CT molecular complexity index is 353. The summed E-state index contributed by atoms with van der Waals surface area (Å²) in [6.07, 6.45) is 5.20. The van der Waals surface area contributed by atoms with Crippen molar-refractivity contribution in [3.8, 4) is 0 Å². The van der Waals surface area contributed by atoms with Gasteiger partial charge in [-0.2, -0.15) is 0 Å². The minimum atomic E-state index is 0.170. The smallest absolute Gasteiger partial charge is 0.220 e. The Morgan fingerprint density at radius 2 is 2.31 bits per heavy atom. The van der Waals surface area contributed by atoms with Gasteiger partial charge in [0.05, 0.1) is 0 Å². The Morgan fingerprint density at radius 3 is 2.94 bits per heavy atom. The van der Waals surface area contributed by atoms with Gasteiger partial charge in [-0.3, -0.25) is 9.78 Å². The molecule has 0 radical (unpaired) electrons. The summed E-state index contributed by atoms with van der Waals surface area (Å²) in [7, 11) is 0. The van der Waals surface area contributed by atoms with Crippen molar-refractivity contribution in [1.29, 1.82) is 0 Å². The molecular weight excluding hydrogens is 202 g/mol. The van der Waals surface area contributed by atoms with Crippen molar-refractivity contribution >= 4 is 5.91 Å². The van der Waals surface area contributed by atoms with E-state index in [1.54, 1.807) is 12.4 Å². The maximum Gasteiger partial charge on any atom is 0.220 e. The SMILES string of the molecule is C[C@@H](NCC1CCC(=O)N1)c1ccncc1. The van der Waals surface area contributed by atoms with Crippen LogP contribution in [0, 0.1) is 0 Å². The van der Waals surface area contributed by atoms with Crippen LogP contribution in [-0.4, -0.2) is 23.5 Å². The molecule has 2 N–H and O–H groups in total. The third kappa shape index (κ3) is 2.79. The standard InChI is InChI=1S/C12H17N3O/c1-9(10-4-6-13-7-5-10)14-8-11-2-3-12(16)15-11/h4-7,9,11,14H,2-3,8H2,1H3,(H,15,16)/t9-,11?/m1/s1. The van der Waals surface area contributed by atoms with Crippen molar-refractivity contribution in [3.05, 3.63) is 30.1 Å². The number of rotatable bonds is 4. The van der Waals surface area contributed by atoms with E-state index in [0.717, 1.165) is 13.0 Å². The van der Waals surface area contributed by atoms with Crippen LogP contribution in [0.15, 0.2) is 24.5 Å². The number of nitrogens with one attached hydrogen (secondary N) is 2. The number of carbonyl (C=O) groups excluding carboxylic acids is 1. The van der Waals surface area contributed by atoms with Crippen LogP contribution in [0.5, 0.6) is 0 Å². The molecule has 1 aromatic rings. The second-order valence-electron chi connectivity index (χ2n) is 4.21. The van der Waals surface area contributed by atoms with Crippen LogP contribution in [0.4, 0.5) is 0 Å². The quantitative estimate of drug-likeness (QED) is 0.794. The molecule has 1 aliphatic rings. The van der Waals surface area contributed by atoms with Crippen molar-refractivity contribution in [2.24, 2.45) is 0 Å². The number of amides is 1. The van der Waals surface area contributed by atoms with Crippen LogP contribution in [0.1, 0.15) is 31.4 Å². The Kier molecular flexibility index (Phi) is 3.51. The first-order valence-corrected chi connectivity index (χ1v) is 5.68. The van der Waals surface area contributed by atoms with Gasteiger partial charge in [-0.15, -0.1) is 0 Å². The molecule has 2 heterocycles. The highest BCUT2D eigenvalue weighted by atomic mass is 16.1. The normalized spacial score (nSPS) is 21.8. The molecule has 0 spiro atoms. The van der Waals surface area contributed by atoms with Crippen LogP contribution in [0.3, 0.4) is 0 Å². The molecule has 1 saturated heterocycles. The van der Waals surface area contributed by atoms with Gasteiger partial charge in [0, 0.05) is 37.4 Å². The van der Waals surface area contributed by atoms with Gasteiger partial charge < -0.3 is 10.6 Å². The van der Waals surface area contributed by atoms with E-state index in [0.29, 0.717) is 12.5 Å². The summed E-state index contributed by atoms with van der Waals surface area (Å²) >= 11 is 0. The predicted molar refractivity (Wildman–Crippen MR) is 61.8 cm³/mol. The highest BCUT2D eigenvalue weighted by Crippen LogP contribution is 2.11. The van der Waals surface area contributed by atoms with Gasteiger partial charge in [0.1, 0.15) is 0 Å². The summed E-state index contributed by atoms with van der Waals surface area (Å²) in [4.78, 5) is 15.0. The summed E-state index contributed by atoms with van der Waals surface area (Å²) in [5, 5.41) is 6.37. The van der Waals surface area contributed by atoms with Crippen LogP contribution in [0.2, 0.25) is 0 Å². The van der Waals surface area contributed by atoms with Crippen LogP contribution in [-0.2, 0) is 4.79 Å². The lowest BCUT2D eigenvalue weighted by atomic mass is 10.1. The average molecular weight is 219 g/mol. The van der Waals surface area contributed by atoms with Crippen LogP contribution in [0.25, 0.3) is 0 Å². The zero-order chi connectivity index (χ0) is 11.4. The van der Waals surface area contributed by atoms with E-state index < -0.39 is 0 Å². The third-order valence-electron chi connectivity index (χ3n) is 2.96. The van der Waals surface area contributed by atoms with Crippen molar-refractivity contribution < 1.29 is 4.79 Å². The van der Waals surface area contributed by atoms with E-state index in [1.807, 2.05) is 12.1 Å². The monoisotopic (exact) mass is 219 g/mol. The number of pyridine rings is 1.